The molecular weight excluding hydrogens is 423 g/mol. The van der Waals surface area contributed by atoms with Gasteiger partial charge in [-0.2, -0.15) is 0 Å². The van der Waals surface area contributed by atoms with E-state index in [-0.39, 0.29) is 18.3 Å². The fraction of sp³-hybridized carbons (Fsp3) is 0.231. The highest BCUT2D eigenvalue weighted by molar-refractivity contribution is 6.52. The Labute approximate surface area is 191 Å². The van der Waals surface area contributed by atoms with Crippen LogP contribution in [-0.2, 0) is 11.2 Å². The number of ketones is 1. The van der Waals surface area contributed by atoms with Crippen molar-refractivity contribution in [1.29, 1.82) is 0 Å². The van der Waals surface area contributed by atoms with Gasteiger partial charge >= 0.3 is 5.91 Å². The van der Waals surface area contributed by atoms with E-state index in [1.807, 2.05) is 42.5 Å². The van der Waals surface area contributed by atoms with Crippen LogP contribution in [0.1, 0.15) is 33.1 Å². The fourth-order valence-corrected chi connectivity index (χ4v) is 4.77. The van der Waals surface area contributed by atoms with Gasteiger partial charge < -0.3 is 9.47 Å². The van der Waals surface area contributed by atoms with Crippen LogP contribution in [0, 0.1) is 5.82 Å². The van der Waals surface area contributed by atoms with Crippen LogP contribution in [0.25, 0.3) is 0 Å². The highest BCUT2D eigenvalue weighted by atomic mass is 19.1. The molecule has 0 aromatic heterocycles. The van der Waals surface area contributed by atoms with Gasteiger partial charge in [-0.15, -0.1) is 0 Å². The van der Waals surface area contributed by atoms with Gasteiger partial charge in [0.15, 0.2) is 11.5 Å². The van der Waals surface area contributed by atoms with Crippen LogP contribution in [0.4, 0.5) is 10.1 Å². The molecule has 0 saturated carbocycles. The first kappa shape index (κ1) is 21.2. The van der Waals surface area contributed by atoms with E-state index >= 15 is 0 Å². The molecule has 0 radical (unpaired) electrons. The Morgan fingerprint density at radius 1 is 0.970 bits per heavy atom. The van der Waals surface area contributed by atoms with Crippen molar-refractivity contribution < 1.29 is 23.5 Å². The second-order valence-electron chi connectivity index (χ2n) is 8.15. The topological polar surface area (TPSA) is 59.1 Å². The molecule has 6 nitrogen and oxygen atoms in total. The Balaban J connectivity index is 1.57. The number of methoxy groups -OCH3 is 2. The second kappa shape index (κ2) is 8.33. The Hall–Kier alpha value is -3.71. The predicted octanol–water partition coefficient (Wildman–Crippen LogP) is 3.98. The Morgan fingerprint density at radius 3 is 2.42 bits per heavy atom. The lowest BCUT2D eigenvalue weighted by atomic mass is 9.88. The predicted molar refractivity (Wildman–Crippen MR) is 121 cm³/mol. The molecule has 7 heteroatoms. The van der Waals surface area contributed by atoms with E-state index in [9.17, 15) is 14.0 Å². The number of halogens is 1. The lowest BCUT2D eigenvalue weighted by molar-refractivity contribution is -0.114. The Morgan fingerprint density at radius 2 is 1.70 bits per heavy atom. The molecule has 0 spiro atoms. The van der Waals surface area contributed by atoms with Gasteiger partial charge in [-0.05, 0) is 53.4 Å². The first-order chi connectivity index (χ1) is 16.0. The summed E-state index contributed by atoms with van der Waals surface area (Å²) >= 11 is 0. The number of anilines is 1. The molecule has 0 unspecified atom stereocenters. The van der Waals surface area contributed by atoms with Crippen molar-refractivity contribution in [1.82, 2.24) is 4.90 Å². The highest BCUT2D eigenvalue weighted by Crippen LogP contribution is 2.41. The smallest absolute Gasteiger partial charge is 0.300 e. The molecule has 0 aliphatic carbocycles. The highest BCUT2D eigenvalue weighted by Gasteiger charge is 2.39. The van der Waals surface area contributed by atoms with E-state index in [4.69, 9.17) is 9.47 Å². The third-order valence-electron chi connectivity index (χ3n) is 6.35. The molecule has 0 bridgehead atoms. The molecule has 0 saturated heterocycles. The summed E-state index contributed by atoms with van der Waals surface area (Å²) in [5, 5.41) is 0. The van der Waals surface area contributed by atoms with Crippen LogP contribution in [0.3, 0.4) is 0 Å². The zero-order chi connectivity index (χ0) is 23.1. The van der Waals surface area contributed by atoms with Crippen LogP contribution in [-0.4, -0.2) is 44.0 Å². The summed E-state index contributed by atoms with van der Waals surface area (Å²) in [6, 6.07) is 17.7. The molecule has 0 N–H and O–H groups in total. The van der Waals surface area contributed by atoms with Crippen molar-refractivity contribution >= 4 is 17.4 Å². The summed E-state index contributed by atoms with van der Waals surface area (Å²) in [6.07, 6.45) is 0.741. The lowest BCUT2D eigenvalue weighted by Crippen LogP contribution is -2.45. The third kappa shape index (κ3) is 3.54. The van der Waals surface area contributed by atoms with Gasteiger partial charge in [-0.25, -0.2) is 4.39 Å². The number of rotatable bonds is 5. The molecule has 3 aromatic rings. The van der Waals surface area contributed by atoms with E-state index in [1.54, 1.807) is 14.2 Å². The van der Waals surface area contributed by atoms with Crippen molar-refractivity contribution in [3.63, 3.8) is 0 Å². The number of carbonyl (C=O) groups excluding carboxylic acids is 2. The van der Waals surface area contributed by atoms with Gasteiger partial charge in [0.1, 0.15) is 5.82 Å². The van der Waals surface area contributed by atoms with E-state index in [2.05, 4.69) is 4.90 Å². The standard InChI is InChI=1S/C26H23FN2O4/c1-32-22-12-17-10-11-28(15-29-21-9-8-18(27)13-20(21)25(30)26(29)31)24(16-6-4-3-5-7-16)19(17)14-23(22)33-2/h3-9,12-14,24H,10-11,15H2,1-2H3/t24-/m1/s1. The molecule has 3 aromatic carbocycles. The number of benzene rings is 3. The van der Waals surface area contributed by atoms with E-state index < -0.39 is 17.5 Å². The zero-order valence-electron chi connectivity index (χ0n) is 18.4. The molecule has 0 fully saturated rings. The molecule has 33 heavy (non-hydrogen) atoms. The van der Waals surface area contributed by atoms with E-state index in [1.165, 1.54) is 17.0 Å². The molecule has 1 amide bonds. The lowest BCUT2D eigenvalue weighted by Gasteiger charge is -2.40. The summed E-state index contributed by atoms with van der Waals surface area (Å²) in [5.74, 6) is -0.544. The Kier molecular flexibility index (Phi) is 5.34. The van der Waals surface area contributed by atoms with Crippen LogP contribution < -0.4 is 14.4 Å². The Bertz CT molecular complexity index is 1240. The van der Waals surface area contributed by atoms with Gasteiger partial charge in [0.25, 0.3) is 5.78 Å². The van der Waals surface area contributed by atoms with Gasteiger partial charge in [0, 0.05) is 6.54 Å². The van der Waals surface area contributed by atoms with Crippen molar-refractivity contribution in [2.75, 3.05) is 32.3 Å². The van der Waals surface area contributed by atoms with E-state index in [0.29, 0.717) is 23.7 Å². The van der Waals surface area contributed by atoms with Crippen LogP contribution in [0.15, 0.2) is 60.7 Å². The minimum Gasteiger partial charge on any atom is -0.493 e. The quantitative estimate of drug-likeness (QED) is 0.555. The monoisotopic (exact) mass is 446 g/mol. The van der Waals surface area contributed by atoms with Crippen molar-refractivity contribution in [2.45, 2.75) is 12.5 Å². The number of Topliss-reactive ketones (excluding diaryl/α,β-unsaturated/α-hetero) is 1. The van der Waals surface area contributed by atoms with Crippen molar-refractivity contribution in [2.24, 2.45) is 0 Å². The van der Waals surface area contributed by atoms with Gasteiger partial charge in [0.05, 0.1) is 38.2 Å². The molecular formula is C26H23FN2O4. The summed E-state index contributed by atoms with van der Waals surface area (Å²) in [7, 11) is 3.22. The van der Waals surface area contributed by atoms with Crippen molar-refractivity contribution in [3.05, 3.63) is 88.7 Å². The molecule has 2 heterocycles. The first-order valence-corrected chi connectivity index (χ1v) is 10.7. The minimum atomic E-state index is -0.676. The summed E-state index contributed by atoms with van der Waals surface area (Å²) in [6.45, 7) is 0.868. The maximum absolute atomic E-state index is 13.7. The second-order valence-corrected chi connectivity index (χ2v) is 8.15. The molecule has 168 valence electrons. The average Bonchev–Trinajstić information content (AvgIpc) is 3.07. The molecule has 2 aliphatic heterocycles. The summed E-state index contributed by atoms with van der Waals surface area (Å²) < 4.78 is 24.8. The summed E-state index contributed by atoms with van der Waals surface area (Å²) in [4.78, 5) is 28.9. The maximum Gasteiger partial charge on any atom is 0.300 e. The normalized spacial score (nSPS) is 17.7. The largest absolute Gasteiger partial charge is 0.493 e. The number of fused-ring (bicyclic) bond motifs is 2. The first-order valence-electron chi connectivity index (χ1n) is 10.7. The molecule has 1 atom stereocenters. The van der Waals surface area contributed by atoms with Crippen LogP contribution in [0.5, 0.6) is 11.5 Å². The maximum atomic E-state index is 13.7. The van der Waals surface area contributed by atoms with Crippen molar-refractivity contribution in [3.8, 4) is 11.5 Å². The SMILES string of the molecule is COc1cc2c(cc1OC)[C@@H](c1ccccc1)N(CN1C(=O)C(=O)c3cc(F)ccc31)CC2. The fourth-order valence-electron chi connectivity index (χ4n) is 4.77. The average molecular weight is 446 g/mol. The summed E-state index contributed by atoms with van der Waals surface area (Å²) in [5.41, 5.74) is 3.81. The minimum absolute atomic E-state index is 0.111. The number of amides is 1. The molecule has 5 rings (SSSR count). The zero-order valence-corrected chi connectivity index (χ0v) is 18.4. The third-order valence-corrected chi connectivity index (χ3v) is 6.35. The molecule has 2 aliphatic rings. The number of hydrogen-bond donors (Lipinski definition) is 0. The van der Waals surface area contributed by atoms with E-state index in [0.717, 1.165) is 29.2 Å². The van der Waals surface area contributed by atoms with Crippen LogP contribution in [0.2, 0.25) is 0 Å². The number of hydrogen-bond acceptors (Lipinski definition) is 5. The van der Waals surface area contributed by atoms with Gasteiger partial charge in [-0.3, -0.25) is 19.4 Å². The van der Waals surface area contributed by atoms with Crippen LogP contribution >= 0.6 is 0 Å². The van der Waals surface area contributed by atoms with Gasteiger partial charge in [-0.1, -0.05) is 30.3 Å². The number of carbonyl (C=O) groups is 2. The number of ether oxygens (including phenoxy) is 2. The number of nitrogens with zero attached hydrogens (tertiary/aromatic N) is 2. The van der Waals surface area contributed by atoms with Gasteiger partial charge in [0.2, 0.25) is 0 Å².